The Morgan fingerprint density at radius 3 is 2.44 bits per heavy atom. The summed E-state index contributed by atoms with van der Waals surface area (Å²) >= 11 is 0. The van der Waals surface area contributed by atoms with Gasteiger partial charge in [-0.05, 0) is 31.6 Å². The number of carboxylic acid groups (broad SMARTS) is 1. The topological polar surface area (TPSA) is 49.8 Å². The number of likely N-dealkylation sites (tertiary alicyclic amines) is 1. The van der Waals surface area contributed by atoms with Gasteiger partial charge in [0.05, 0.1) is 18.8 Å². The molecule has 92 valence electrons. The van der Waals surface area contributed by atoms with Crippen LogP contribution in [0.2, 0.25) is 0 Å². The number of hydrogen-bond donors (Lipinski definition) is 1. The third kappa shape index (κ3) is 3.19. The van der Waals surface area contributed by atoms with E-state index in [9.17, 15) is 4.79 Å². The van der Waals surface area contributed by atoms with Crippen LogP contribution in [0.4, 0.5) is 0 Å². The Labute approximate surface area is 96.6 Å². The SMILES string of the molecule is CC1CC(OC2CCN(CC(=O)O)CC2)C1. The molecule has 1 heterocycles. The van der Waals surface area contributed by atoms with Gasteiger partial charge in [0.1, 0.15) is 0 Å². The van der Waals surface area contributed by atoms with E-state index in [4.69, 9.17) is 9.84 Å². The number of ether oxygens (including phenoxy) is 1. The predicted octanol–water partition coefficient (Wildman–Crippen LogP) is 1.35. The van der Waals surface area contributed by atoms with Crippen molar-refractivity contribution in [3.05, 3.63) is 0 Å². The molecule has 4 heteroatoms. The molecule has 0 radical (unpaired) electrons. The summed E-state index contributed by atoms with van der Waals surface area (Å²) in [5.41, 5.74) is 0. The Morgan fingerprint density at radius 2 is 1.94 bits per heavy atom. The van der Waals surface area contributed by atoms with E-state index in [0.29, 0.717) is 12.2 Å². The van der Waals surface area contributed by atoms with Gasteiger partial charge in [-0.15, -0.1) is 0 Å². The molecule has 2 aliphatic rings. The molecule has 2 fully saturated rings. The number of rotatable bonds is 4. The first kappa shape index (κ1) is 11.9. The number of nitrogens with zero attached hydrogens (tertiary/aromatic N) is 1. The highest BCUT2D eigenvalue weighted by Crippen LogP contribution is 2.31. The summed E-state index contributed by atoms with van der Waals surface area (Å²) in [7, 11) is 0. The second kappa shape index (κ2) is 5.15. The summed E-state index contributed by atoms with van der Waals surface area (Å²) < 4.78 is 5.98. The average Bonchev–Trinajstić information content (AvgIpc) is 2.18. The molecule has 0 aromatic carbocycles. The first-order valence-electron chi connectivity index (χ1n) is 6.23. The fraction of sp³-hybridized carbons (Fsp3) is 0.917. The summed E-state index contributed by atoms with van der Waals surface area (Å²) in [5.74, 6) is 0.101. The zero-order valence-electron chi connectivity index (χ0n) is 9.89. The molecule has 0 bridgehead atoms. The second-order valence-electron chi connectivity index (χ2n) is 5.20. The Bertz CT molecular complexity index is 243. The van der Waals surface area contributed by atoms with E-state index in [1.54, 1.807) is 0 Å². The monoisotopic (exact) mass is 227 g/mol. The average molecular weight is 227 g/mol. The van der Waals surface area contributed by atoms with Crippen LogP contribution in [0, 0.1) is 5.92 Å². The molecule has 0 spiro atoms. The molecule has 0 atom stereocenters. The molecule has 0 aromatic rings. The van der Waals surface area contributed by atoms with Crippen molar-refractivity contribution in [2.75, 3.05) is 19.6 Å². The molecule has 0 amide bonds. The van der Waals surface area contributed by atoms with Crippen LogP contribution in [0.15, 0.2) is 0 Å². The van der Waals surface area contributed by atoms with Gasteiger partial charge in [-0.25, -0.2) is 0 Å². The Kier molecular flexibility index (Phi) is 3.82. The summed E-state index contributed by atoms with van der Waals surface area (Å²) in [6, 6.07) is 0. The number of piperidine rings is 1. The highest BCUT2D eigenvalue weighted by atomic mass is 16.5. The van der Waals surface area contributed by atoms with Crippen LogP contribution < -0.4 is 0 Å². The molecule has 1 aliphatic carbocycles. The molecule has 1 saturated carbocycles. The maximum Gasteiger partial charge on any atom is 0.317 e. The fourth-order valence-electron chi connectivity index (χ4n) is 2.61. The largest absolute Gasteiger partial charge is 0.480 e. The van der Waals surface area contributed by atoms with Crippen molar-refractivity contribution in [1.82, 2.24) is 4.90 Å². The Balaban J connectivity index is 1.63. The van der Waals surface area contributed by atoms with Crippen LogP contribution in [0.3, 0.4) is 0 Å². The second-order valence-corrected chi connectivity index (χ2v) is 5.20. The van der Waals surface area contributed by atoms with Crippen molar-refractivity contribution in [2.24, 2.45) is 5.92 Å². The molecule has 4 nitrogen and oxygen atoms in total. The maximum absolute atomic E-state index is 10.5. The van der Waals surface area contributed by atoms with Crippen molar-refractivity contribution < 1.29 is 14.6 Å². The van der Waals surface area contributed by atoms with Crippen LogP contribution in [-0.2, 0) is 9.53 Å². The number of hydrogen-bond acceptors (Lipinski definition) is 3. The van der Waals surface area contributed by atoms with Gasteiger partial charge in [0.2, 0.25) is 0 Å². The smallest absolute Gasteiger partial charge is 0.317 e. The summed E-state index contributed by atoms with van der Waals surface area (Å²) in [5, 5.41) is 8.68. The summed E-state index contributed by atoms with van der Waals surface area (Å²) in [4.78, 5) is 12.5. The van der Waals surface area contributed by atoms with E-state index in [-0.39, 0.29) is 6.54 Å². The minimum Gasteiger partial charge on any atom is -0.480 e. The highest BCUT2D eigenvalue weighted by molar-refractivity contribution is 5.69. The van der Waals surface area contributed by atoms with Gasteiger partial charge in [-0.3, -0.25) is 9.69 Å². The van der Waals surface area contributed by atoms with E-state index < -0.39 is 5.97 Å². The normalized spacial score (nSPS) is 32.3. The van der Waals surface area contributed by atoms with Crippen molar-refractivity contribution >= 4 is 5.97 Å². The van der Waals surface area contributed by atoms with E-state index >= 15 is 0 Å². The van der Waals surface area contributed by atoms with E-state index in [1.807, 2.05) is 4.90 Å². The van der Waals surface area contributed by atoms with Gasteiger partial charge >= 0.3 is 5.97 Å². The molecular weight excluding hydrogens is 206 g/mol. The lowest BCUT2D eigenvalue weighted by Gasteiger charge is -2.38. The van der Waals surface area contributed by atoms with Crippen molar-refractivity contribution in [3.63, 3.8) is 0 Å². The molecule has 0 unspecified atom stereocenters. The van der Waals surface area contributed by atoms with Gasteiger partial charge in [0.25, 0.3) is 0 Å². The third-order valence-electron chi connectivity index (χ3n) is 3.61. The van der Waals surface area contributed by atoms with Crippen LogP contribution in [0.25, 0.3) is 0 Å². The number of carbonyl (C=O) groups is 1. The quantitative estimate of drug-likeness (QED) is 0.787. The highest BCUT2D eigenvalue weighted by Gasteiger charge is 2.30. The lowest BCUT2D eigenvalue weighted by Crippen LogP contribution is -2.42. The summed E-state index contributed by atoms with van der Waals surface area (Å²) in [6.45, 7) is 4.15. The predicted molar refractivity (Wildman–Crippen MR) is 60.4 cm³/mol. The molecule has 1 aliphatic heterocycles. The first-order chi connectivity index (χ1) is 7.63. The minimum absolute atomic E-state index is 0.174. The van der Waals surface area contributed by atoms with Crippen LogP contribution >= 0.6 is 0 Å². The van der Waals surface area contributed by atoms with Crippen LogP contribution in [0.1, 0.15) is 32.6 Å². The molecule has 1 N–H and O–H groups in total. The van der Waals surface area contributed by atoms with Crippen LogP contribution in [0.5, 0.6) is 0 Å². The van der Waals surface area contributed by atoms with Gasteiger partial charge in [0.15, 0.2) is 0 Å². The van der Waals surface area contributed by atoms with Gasteiger partial charge in [-0.2, -0.15) is 0 Å². The van der Waals surface area contributed by atoms with Crippen LogP contribution in [-0.4, -0.2) is 47.8 Å². The zero-order valence-corrected chi connectivity index (χ0v) is 9.89. The zero-order chi connectivity index (χ0) is 11.5. The van der Waals surface area contributed by atoms with Crippen molar-refractivity contribution in [1.29, 1.82) is 0 Å². The van der Waals surface area contributed by atoms with Gasteiger partial charge < -0.3 is 9.84 Å². The molecule has 16 heavy (non-hydrogen) atoms. The minimum atomic E-state index is -0.729. The van der Waals surface area contributed by atoms with Gasteiger partial charge in [-0.1, -0.05) is 6.92 Å². The number of aliphatic carboxylic acids is 1. The van der Waals surface area contributed by atoms with Crippen molar-refractivity contribution in [2.45, 2.75) is 44.8 Å². The van der Waals surface area contributed by atoms with Gasteiger partial charge in [0, 0.05) is 13.1 Å². The molecule has 0 aromatic heterocycles. The molecular formula is C12H21NO3. The molecule has 1 saturated heterocycles. The Hall–Kier alpha value is -0.610. The lowest BCUT2D eigenvalue weighted by atomic mass is 9.84. The first-order valence-corrected chi connectivity index (χ1v) is 6.23. The van der Waals surface area contributed by atoms with Crippen molar-refractivity contribution in [3.8, 4) is 0 Å². The number of carboxylic acids is 1. The lowest BCUT2D eigenvalue weighted by molar-refractivity contribution is -0.139. The van der Waals surface area contributed by atoms with E-state index in [2.05, 4.69) is 6.92 Å². The Morgan fingerprint density at radius 1 is 1.31 bits per heavy atom. The van der Waals surface area contributed by atoms with E-state index in [1.165, 1.54) is 12.8 Å². The summed E-state index contributed by atoms with van der Waals surface area (Å²) in [6.07, 6.45) is 5.22. The fourth-order valence-corrected chi connectivity index (χ4v) is 2.61. The standard InChI is InChI=1S/C12H21NO3/c1-9-6-11(7-9)16-10-2-4-13(5-3-10)8-12(14)15/h9-11H,2-8H2,1H3,(H,14,15). The van der Waals surface area contributed by atoms with E-state index in [0.717, 1.165) is 31.8 Å². The maximum atomic E-state index is 10.5. The molecule has 2 rings (SSSR count). The third-order valence-corrected chi connectivity index (χ3v) is 3.61.